The van der Waals surface area contributed by atoms with Gasteiger partial charge in [-0.05, 0) is 42.0 Å². The number of rotatable bonds is 4. The summed E-state index contributed by atoms with van der Waals surface area (Å²) in [5, 5.41) is 2.79. The minimum atomic E-state index is -0.249. The van der Waals surface area contributed by atoms with Crippen molar-refractivity contribution >= 4 is 34.0 Å². The topological polar surface area (TPSA) is 119 Å². The standard InChI is InChI=1S/C21H19N5O2/c22-15-4-1-2-6-17(15)24-20(27)14-10-8-13(9-11-14)12-26-18-7-3-5-16(23)19(18)25-21(26)28/h1-11H,12,22-23H2,(H,24,27)(H,25,28). The van der Waals surface area contributed by atoms with Crippen LogP contribution in [-0.4, -0.2) is 15.5 Å². The van der Waals surface area contributed by atoms with Crippen molar-refractivity contribution in [3.05, 3.63) is 88.3 Å². The molecule has 0 saturated heterocycles. The number of hydrogen-bond acceptors (Lipinski definition) is 4. The van der Waals surface area contributed by atoms with E-state index in [0.29, 0.717) is 34.7 Å². The number of para-hydroxylation sites is 3. The molecule has 6 N–H and O–H groups in total. The third-order valence-electron chi connectivity index (χ3n) is 4.61. The van der Waals surface area contributed by atoms with Gasteiger partial charge >= 0.3 is 5.69 Å². The van der Waals surface area contributed by atoms with Crippen molar-refractivity contribution in [1.82, 2.24) is 9.55 Å². The van der Waals surface area contributed by atoms with Crippen LogP contribution in [-0.2, 0) is 6.54 Å². The Morgan fingerprint density at radius 3 is 2.39 bits per heavy atom. The molecule has 0 unspecified atom stereocenters. The number of amides is 1. The van der Waals surface area contributed by atoms with Crippen molar-refractivity contribution in [1.29, 1.82) is 0 Å². The fraction of sp³-hybridized carbons (Fsp3) is 0.0476. The Morgan fingerprint density at radius 1 is 0.929 bits per heavy atom. The number of nitrogens with zero attached hydrogens (tertiary/aromatic N) is 1. The van der Waals surface area contributed by atoms with E-state index in [1.54, 1.807) is 47.0 Å². The normalized spacial score (nSPS) is 10.9. The number of aromatic nitrogens is 2. The molecule has 1 aromatic heterocycles. The summed E-state index contributed by atoms with van der Waals surface area (Å²) in [6.07, 6.45) is 0. The van der Waals surface area contributed by atoms with Gasteiger partial charge in [0.1, 0.15) is 0 Å². The molecule has 140 valence electrons. The van der Waals surface area contributed by atoms with E-state index in [1.165, 1.54) is 0 Å². The van der Waals surface area contributed by atoms with Crippen LogP contribution in [0.4, 0.5) is 17.1 Å². The number of nitrogens with one attached hydrogen (secondary N) is 2. The minimum Gasteiger partial charge on any atom is -0.397 e. The van der Waals surface area contributed by atoms with Crippen LogP contribution in [0.2, 0.25) is 0 Å². The summed E-state index contributed by atoms with van der Waals surface area (Å²) in [7, 11) is 0. The molecule has 3 aromatic carbocycles. The molecule has 4 rings (SSSR count). The van der Waals surface area contributed by atoms with Crippen LogP contribution in [0.25, 0.3) is 11.0 Å². The van der Waals surface area contributed by atoms with E-state index in [2.05, 4.69) is 10.3 Å². The number of H-pyrrole nitrogens is 1. The lowest BCUT2D eigenvalue weighted by atomic mass is 10.1. The van der Waals surface area contributed by atoms with E-state index in [-0.39, 0.29) is 11.6 Å². The van der Waals surface area contributed by atoms with Gasteiger partial charge in [0.15, 0.2) is 0 Å². The lowest BCUT2D eigenvalue weighted by Gasteiger charge is -2.09. The molecule has 1 heterocycles. The number of aromatic amines is 1. The molecule has 7 heteroatoms. The first-order valence-electron chi connectivity index (χ1n) is 8.75. The van der Waals surface area contributed by atoms with E-state index in [9.17, 15) is 9.59 Å². The molecular formula is C21H19N5O2. The zero-order valence-electron chi connectivity index (χ0n) is 15.0. The van der Waals surface area contributed by atoms with Gasteiger partial charge in [0.05, 0.1) is 34.6 Å². The van der Waals surface area contributed by atoms with Gasteiger partial charge in [0.25, 0.3) is 5.91 Å². The molecule has 28 heavy (non-hydrogen) atoms. The zero-order valence-corrected chi connectivity index (χ0v) is 15.0. The summed E-state index contributed by atoms with van der Waals surface area (Å²) < 4.78 is 1.62. The van der Waals surface area contributed by atoms with Gasteiger partial charge in [0.2, 0.25) is 0 Å². The number of hydrogen-bond donors (Lipinski definition) is 4. The summed E-state index contributed by atoms with van der Waals surface area (Å²) in [4.78, 5) is 27.5. The predicted molar refractivity (Wildman–Crippen MR) is 111 cm³/mol. The molecule has 0 aliphatic rings. The monoisotopic (exact) mass is 373 g/mol. The number of carbonyl (C=O) groups excluding carboxylic acids is 1. The Labute approximate surface area is 160 Å². The van der Waals surface area contributed by atoms with Gasteiger partial charge in [-0.15, -0.1) is 0 Å². The van der Waals surface area contributed by atoms with Gasteiger partial charge in [0, 0.05) is 5.56 Å². The molecule has 0 spiro atoms. The number of nitrogens with two attached hydrogens (primary N) is 2. The van der Waals surface area contributed by atoms with Crippen molar-refractivity contribution in [2.24, 2.45) is 0 Å². The average Bonchev–Trinajstić information content (AvgIpc) is 3.01. The summed E-state index contributed by atoms with van der Waals surface area (Å²) in [6.45, 7) is 0.371. The second-order valence-corrected chi connectivity index (χ2v) is 6.50. The van der Waals surface area contributed by atoms with Crippen LogP contribution in [0.15, 0.2) is 71.5 Å². The first kappa shape index (κ1) is 17.4. The molecule has 4 aromatic rings. The lowest BCUT2D eigenvalue weighted by Crippen LogP contribution is -2.17. The fourth-order valence-electron chi connectivity index (χ4n) is 3.11. The first-order chi connectivity index (χ1) is 13.5. The van der Waals surface area contributed by atoms with Crippen molar-refractivity contribution in [2.75, 3.05) is 16.8 Å². The van der Waals surface area contributed by atoms with Crippen LogP contribution < -0.4 is 22.5 Å². The quantitative estimate of drug-likeness (QED) is 0.411. The van der Waals surface area contributed by atoms with Crippen LogP contribution in [0.5, 0.6) is 0 Å². The maximum absolute atomic E-state index is 12.4. The predicted octanol–water partition coefficient (Wildman–Crippen LogP) is 2.79. The largest absolute Gasteiger partial charge is 0.397 e. The minimum absolute atomic E-state index is 0.228. The molecule has 0 atom stereocenters. The maximum atomic E-state index is 12.4. The molecular weight excluding hydrogens is 354 g/mol. The number of imidazole rings is 1. The first-order valence-corrected chi connectivity index (χ1v) is 8.75. The van der Waals surface area contributed by atoms with Crippen LogP contribution in [0, 0.1) is 0 Å². The highest BCUT2D eigenvalue weighted by molar-refractivity contribution is 6.05. The van der Waals surface area contributed by atoms with E-state index < -0.39 is 0 Å². The number of fused-ring (bicyclic) bond motifs is 1. The Morgan fingerprint density at radius 2 is 1.64 bits per heavy atom. The van der Waals surface area contributed by atoms with E-state index in [4.69, 9.17) is 11.5 Å². The van der Waals surface area contributed by atoms with Gasteiger partial charge in [-0.1, -0.05) is 30.3 Å². The van der Waals surface area contributed by atoms with Gasteiger partial charge in [-0.25, -0.2) is 4.79 Å². The summed E-state index contributed by atoms with van der Waals surface area (Å²) >= 11 is 0. The fourth-order valence-corrected chi connectivity index (χ4v) is 3.11. The Hall–Kier alpha value is -4.00. The third kappa shape index (κ3) is 3.21. The number of carbonyl (C=O) groups is 1. The number of benzene rings is 3. The van der Waals surface area contributed by atoms with Crippen LogP contribution >= 0.6 is 0 Å². The molecule has 7 nitrogen and oxygen atoms in total. The van der Waals surface area contributed by atoms with Crippen LogP contribution in [0.3, 0.4) is 0 Å². The maximum Gasteiger partial charge on any atom is 0.326 e. The third-order valence-corrected chi connectivity index (χ3v) is 4.61. The zero-order chi connectivity index (χ0) is 19.7. The summed E-state index contributed by atoms with van der Waals surface area (Å²) in [5.41, 5.74) is 15.9. The van der Waals surface area contributed by atoms with Gasteiger partial charge in [-0.2, -0.15) is 0 Å². The molecule has 0 aliphatic heterocycles. The second-order valence-electron chi connectivity index (χ2n) is 6.50. The SMILES string of the molecule is Nc1ccccc1NC(=O)c1ccc(Cn2c(=O)[nH]c3c(N)cccc32)cc1. The van der Waals surface area contributed by atoms with Crippen molar-refractivity contribution in [3.8, 4) is 0 Å². The number of nitrogen functional groups attached to an aromatic ring is 2. The highest BCUT2D eigenvalue weighted by Crippen LogP contribution is 2.19. The Balaban J connectivity index is 1.55. The van der Waals surface area contributed by atoms with Crippen LogP contribution in [0.1, 0.15) is 15.9 Å². The van der Waals surface area contributed by atoms with Crippen molar-refractivity contribution < 1.29 is 4.79 Å². The smallest absolute Gasteiger partial charge is 0.326 e. The molecule has 0 fully saturated rings. The molecule has 1 amide bonds. The number of anilines is 3. The molecule has 0 bridgehead atoms. The summed E-state index contributed by atoms with van der Waals surface area (Å²) in [5.74, 6) is -0.249. The van der Waals surface area contributed by atoms with Crippen molar-refractivity contribution in [2.45, 2.75) is 6.54 Å². The summed E-state index contributed by atoms with van der Waals surface area (Å²) in [6, 6.07) is 19.6. The molecule has 0 saturated carbocycles. The molecule has 0 radical (unpaired) electrons. The second kappa shape index (κ2) is 6.96. The van der Waals surface area contributed by atoms with Gasteiger partial charge < -0.3 is 21.8 Å². The van der Waals surface area contributed by atoms with E-state index >= 15 is 0 Å². The lowest BCUT2D eigenvalue weighted by molar-refractivity contribution is 0.102. The highest BCUT2D eigenvalue weighted by atomic mass is 16.2. The van der Waals surface area contributed by atoms with E-state index in [1.807, 2.05) is 24.3 Å². The Bertz CT molecular complexity index is 1220. The highest BCUT2D eigenvalue weighted by Gasteiger charge is 2.11. The van der Waals surface area contributed by atoms with Gasteiger partial charge in [-0.3, -0.25) is 9.36 Å². The van der Waals surface area contributed by atoms with Crippen molar-refractivity contribution in [3.63, 3.8) is 0 Å². The Kier molecular flexibility index (Phi) is 4.33. The molecule has 0 aliphatic carbocycles. The van der Waals surface area contributed by atoms with E-state index in [0.717, 1.165) is 11.1 Å². The average molecular weight is 373 g/mol.